The van der Waals surface area contributed by atoms with Crippen LogP contribution < -0.4 is 0 Å². The largest absolute Gasteiger partial charge is 0.456 e. The van der Waals surface area contributed by atoms with Gasteiger partial charge in [0.25, 0.3) is 0 Å². The molecule has 0 saturated heterocycles. The number of aliphatic imine (C=N–C) groups is 2. The normalized spacial score (nSPS) is 17.6. The number of rotatable bonds is 5. The van der Waals surface area contributed by atoms with Gasteiger partial charge in [-0.05, 0) is 94.8 Å². The number of hydrogen-bond acceptors (Lipinski definition) is 4. The van der Waals surface area contributed by atoms with Crippen LogP contribution in [0, 0.1) is 5.92 Å². The predicted octanol–water partition coefficient (Wildman–Crippen LogP) is 16.3. The van der Waals surface area contributed by atoms with Crippen LogP contribution in [0.4, 0.5) is 0 Å². The molecule has 5 heteroatoms. The minimum absolute atomic E-state index is 0.180. The highest BCUT2D eigenvalue weighted by Gasteiger charge is 2.28. The minimum atomic E-state index is -0.197. The highest BCUT2D eigenvalue weighted by Crippen LogP contribution is 2.44. The van der Waals surface area contributed by atoms with Crippen LogP contribution in [-0.2, 0) is 0 Å². The molecule has 304 valence electrons. The summed E-state index contributed by atoms with van der Waals surface area (Å²) in [5, 5.41) is 9.67. The molecule has 0 bridgehead atoms. The molecule has 0 spiro atoms. The van der Waals surface area contributed by atoms with Gasteiger partial charge in [-0.2, -0.15) is 0 Å². The first-order chi connectivity index (χ1) is 31.6. The maximum atomic E-state index is 6.83. The molecule has 9 aromatic carbocycles. The lowest BCUT2D eigenvalue weighted by molar-refractivity contribution is 0.446. The van der Waals surface area contributed by atoms with Crippen molar-refractivity contribution in [2.75, 3.05) is 0 Å². The molecule has 0 fully saturated rings. The molecule has 1 aliphatic rings. The van der Waals surface area contributed by atoms with Gasteiger partial charge in [0, 0.05) is 47.5 Å². The van der Waals surface area contributed by atoms with Crippen LogP contribution in [0.1, 0.15) is 42.5 Å². The van der Waals surface area contributed by atoms with Gasteiger partial charge in [0.05, 0.1) is 33.9 Å². The van der Waals surface area contributed by atoms with Gasteiger partial charge in [0.2, 0.25) is 0 Å². The SMILES string of the molecule is CC1CC/C(c2cccc3sc4ccccc4c23)=N\C(c2ccc(-c3ccccc3)cc2)=N/C1c1cc(-n2c3ccccc3c3cc4ccccc4cc32)c2c(c1)oc1ccccc12. The van der Waals surface area contributed by atoms with Crippen molar-refractivity contribution in [3.8, 4) is 16.8 Å². The second-order valence-electron chi connectivity index (χ2n) is 17.3. The van der Waals surface area contributed by atoms with E-state index in [1.54, 1.807) is 0 Å². The molecule has 0 amide bonds. The van der Waals surface area contributed by atoms with Gasteiger partial charge in [-0.3, -0.25) is 4.99 Å². The van der Waals surface area contributed by atoms with E-state index in [9.17, 15) is 0 Å². The Morgan fingerprint density at radius 3 is 2.08 bits per heavy atom. The quantitative estimate of drug-likeness (QED) is 0.170. The monoisotopic (exact) mass is 839 g/mol. The van der Waals surface area contributed by atoms with Crippen molar-refractivity contribution >= 4 is 97.6 Å². The highest BCUT2D eigenvalue weighted by molar-refractivity contribution is 7.25. The van der Waals surface area contributed by atoms with Gasteiger partial charge in [-0.1, -0.05) is 153 Å². The highest BCUT2D eigenvalue weighted by atomic mass is 32.1. The summed E-state index contributed by atoms with van der Waals surface area (Å²) in [4.78, 5) is 11.4. The van der Waals surface area contributed by atoms with Crippen molar-refractivity contribution in [2.45, 2.75) is 25.8 Å². The fourth-order valence-electron chi connectivity index (χ4n) is 10.3. The Morgan fingerprint density at radius 1 is 0.531 bits per heavy atom. The number of amidine groups is 1. The Labute approximate surface area is 374 Å². The third-order valence-corrected chi connectivity index (χ3v) is 14.6. The van der Waals surface area contributed by atoms with Crippen LogP contribution >= 0.6 is 11.3 Å². The van der Waals surface area contributed by atoms with E-state index in [0.29, 0.717) is 0 Å². The molecule has 64 heavy (non-hydrogen) atoms. The fraction of sp³-hybridized carbons (Fsp3) is 0.0847. The summed E-state index contributed by atoms with van der Waals surface area (Å²) in [7, 11) is 0. The number of para-hydroxylation sites is 2. The molecule has 0 aliphatic carbocycles. The smallest absolute Gasteiger partial charge is 0.155 e. The Kier molecular flexibility index (Phi) is 8.53. The van der Waals surface area contributed by atoms with Crippen molar-refractivity contribution < 1.29 is 4.42 Å². The number of aromatic nitrogens is 1. The predicted molar refractivity (Wildman–Crippen MR) is 271 cm³/mol. The van der Waals surface area contributed by atoms with Crippen molar-refractivity contribution in [1.82, 2.24) is 4.57 Å². The molecular formula is C59H41N3OS. The first-order valence-electron chi connectivity index (χ1n) is 22.2. The molecule has 0 radical (unpaired) electrons. The molecule has 12 aromatic rings. The molecule has 1 aliphatic heterocycles. The summed E-state index contributed by atoms with van der Waals surface area (Å²) < 4.78 is 11.9. The van der Waals surface area contributed by atoms with E-state index in [1.807, 2.05) is 11.3 Å². The third-order valence-electron chi connectivity index (χ3n) is 13.4. The maximum absolute atomic E-state index is 6.83. The first kappa shape index (κ1) is 37.0. The lowest BCUT2D eigenvalue weighted by Crippen LogP contribution is -2.18. The van der Waals surface area contributed by atoms with E-state index in [2.05, 4.69) is 206 Å². The fourth-order valence-corrected chi connectivity index (χ4v) is 11.4. The van der Waals surface area contributed by atoms with Gasteiger partial charge < -0.3 is 8.98 Å². The number of thiophene rings is 1. The van der Waals surface area contributed by atoms with E-state index in [4.69, 9.17) is 14.4 Å². The molecule has 2 unspecified atom stereocenters. The second kappa shape index (κ2) is 14.8. The number of hydrogen-bond donors (Lipinski definition) is 0. The average Bonchev–Trinajstić information content (AvgIpc) is 4.02. The van der Waals surface area contributed by atoms with Crippen LogP contribution in [0.25, 0.3) is 91.5 Å². The van der Waals surface area contributed by atoms with Crippen LogP contribution in [0.5, 0.6) is 0 Å². The average molecular weight is 840 g/mol. The number of benzene rings is 9. The molecule has 2 atom stereocenters. The van der Waals surface area contributed by atoms with Crippen molar-refractivity contribution in [3.63, 3.8) is 0 Å². The maximum Gasteiger partial charge on any atom is 0.155 e. The number of fused-ring (bicyclic) bond motifs is 10. The van der Waals surface area contributed by atoms with Gasteiger partial charge in [0.1, 0.15) is 11.2 Å². The van der Waals surface area contributed by atoms with Crippen molar-refractivity contribution in [2.24, 2.45) is 15.9 Å². The zero-order valence-electron chi connectivity index (χ0n) is 35.2. The van der Waals surface area contributed by atoms with Gasteiger partial charge in [-0.25, -0.2) is 4.99 Å². The first-order valence-corrected chi connectivity index (χ1v) is 23.0. The van der Waals surface area contributed by atoms with Crippen molar-refractivity contribution in [1.29, 1.82) is 0 Å². The van der Waals surface area contributed by atoms with Crippen molar-refractivity contribution in [3.05, 3.63) is 211 Å². The molecular weight excluding hydrogens is 799 g/mol. The summed E-state index contributed by atoms with van der Waals surface area (Å²) in [6.07, 6.45) is 1.74. The van der Waals surface area contributed by atoms with Gasteiger partial charge >= 0.3 is 0 Å². The zero-order valence-corrected chi connectivity index (χ0v) is 36.0. The molecule has 0 N–H and O–H groups in total. The van der Waals surface area contributed by atoms with Crippen LogP contribution in [0.3, 0.4) is 0 Å². The third kappa shape index (κ3) is 5.95. The van der Waals surface area contributed by atoms with E-state index in [0.717, 1.165) is 68.7 Å². The lowest BCUT2D eigenvalue weighted by Gasteiger charge is -2.26. The summed E-state index contributed by atoms with van der Waals surface area (Å²) in [6.45, 7) is 2.36. The molecule has 4 heterocycles. The Bertz CT molecular complexity index is 3870. The molecule has 4 nitrogen and oxygen atoms in total. The van der Waals surface area contributed by atoms with E-state index < -0.39 is 0 Å². The van der Waals surface area contributed by atoms with Crippen LogP contribution in [0.2, 0.25) is 0 Å². The standard InChI is InChI=1S/C59H41N3OS/c1-36-26-31-48(44-21-13-25-55-56(44)46-20-9-12-24-54(46)64-55)60-59(39-29-27-38(28-30-39)37-14-3-2-4-15-37)61-58(36)42-34-51(57-45-19-8-11-23-52(45)63-53(57)35-42)62-49-22-10-7-18-43(49)47-32-40-16-5-6-17-41(40)33-50(47)62/h2-25,27-30,32-36,58H,26,31H2,1H3/b60-48+,61-59-. The second-order valence-corrected chi connectivity index (χ2v) is 18.4. The lowest BCUT2D eigenvalue weighted by atomic mass is 9.87. The number of nitrogens with zero attached hydrogens (tertiary/aromatic N) is 3. The minimum Gasteiger partial charge on any atom is -0.456 e. The Hall–Kier alpha value is -7.60. The Morgan fingerprint density at radius 2 is 1.22 bits per heavy atom. The van der Waals surface area contributed by atoms with Gasteiger partial charge in [0.15, 0.2) is 5.84 Å². The molecule has 3 aromatic heterocycles. The zero-order chi connectivity index (χ0) is 42.3. The molecule has 13 rings (SSSR count). The number of furan rings is 1. The van der Waals surface area contributed by atoms with Crippen LogP contribution in [0.15, 0.2) is 209 Å². The summed E-state index contributed by atoms with van der Waals surface area (Å²) in [5.41, 5.74) is 11.9. The van der Waals surface area contributed by atoms with E-state index >= 15 is 0 Å². The topological polar surface area (TPSA) is 42.8 Å². The van der Waals surface area contributed by atoms with E-state index in [-0.39, 0.29) is 12.0 Å². The van der Waals surface area contributed by atoms with Crippen LogP contribution in [-0.4, -0.2) is 16.1 Å². The van der Waals surface area contributed by atoms with E-state index in [1.165, 1.54) is 63.9 Å². The van der Waals surface area contributed by atoms with Gasteiger partial charge in [-0.15, -0.1) is 11.3 Å². The summed E-state index contributed by atoms with van der Waals surface area (Å²) >= 11 is 1.85. The summed E-state index contributed by atoms with van der Waals surface area (Å²) in [6, 6.07) is 69.9. The molecule has 0 saturated carbocycles. The summed E-state index contributed by atoms with van der Waals surface area (Å²) in [5.74, 6) is 0.927. The Balaban J connectivity index is 1.06.